The van der Waals surface area contributed by atoms with Gasteiger partial charge in [0, 0.05) is 12.8 Å². The molecule has 0 aromatic rings. The van der Waals surface area contributed by atoms with Crippen LogP contribution in [-0.2, 0) is 18.8 Å². The third kappa shape index (κ3) is 4.90. The van der Waals surface area contributed by atoms with Gasteiger partial charge in [0.25, 0.3) is 0 Å². The first-order valence-corrected chi connectivity index (χ1v) is 11.5. The number of hydrogen-bond donors (Lipinski definition) is 0. The number of methoxy groups -OCH3 is 1. The lowest BCUT2D eigenvalue weighted by Crippen LogP contribution is -2.45. The number of ether oxygens (including phenoxy) is 1. The molecule has 0 heterocycles. The zero-order chi connectivity index (χ0) is 18.7. The van der Waals surface area contributed by atoms with Crippen molar-refractivity contribution >= 4 is 20.1 Å². The summed E-state index contributed by atoms with van der Waals surface area (Å²) in [6.07, 6.45) is 2.30. The predicted molar refractivity (Wildman–Crippen MR) is 99.4 cm³/mol. The summed E-state index contributed by atoms with van der Waals surface area (Å²) in [4.78, 5) is 24.3. The molecule has 0 aromatic heterocycles. The molecule has 0 bridgehead atoms. The van der Waals surface area contributed by atoms with Gasteiger partial charge in [0.1, 0.15) is 0 Å². The van der Waals surface area contributed by atoms with Crippen LogP contribution in [0.25, 0.3) is 0 Å². The quantitative estimate of drug-likeness (QED) is 0.399. The Morgan fingerprint density at radius 2 is 1.88 bits per heavy atom. The Balaban J connectivity index is 3.13. The number of ketones is 1. The number of hydrogen-bond acceptors (Lipinski definition) is 4. The lowest BCUT2D eigenvalue weighted by molar-refractivity contribution is -0.137. The summed E-state index contributed by atoms with van der Waals surface area (Å²) in [5, 5.41) is 0.00164. The van der Waals surface area contributed by atoms with Crippen molar-refractivity contribution in [2.24, 2.45) is 0 Å². The van der Waals surface area contributed by atoms with E-state index in [2.05, 4.69) is 40.4 Å². The molecule has 5 heteroatoms. The highest BCUT2D eigenvalue weighted by Gasteiger charge is 2.41. The van der Waals surface area contributed by atoms with E-state index in [4.69, 9.17) is 9.16 Å². The lowest BCUT2D eigenvalue weighted by atomic mass is 9.87. The minimum atomic E-state index is -2.12. The van der Waals surface area contributed by atoms with Gasteiger partial charge in [-0.1, -0.05) is 32.9 Å². The first kappa shape index (κ1) is 20.8. The van der Waals surface area contributed by atoms with Crippen molar-refractivity contribution in [2.75, 3.05) is 7.11 Å². The van der Waals surface area contributed by atoms with Crippen molar-refractivity contribution in [3.8, 4) is 0 Å². The van der Waals surface area contributed by atoms with Crippen molar-refractivity contribution in [2.45, 2.75) is 77.6 Å². The molecule has 0 aromatic carbocycles. The Morgan fingerprint density at radius 3 is 2.33 bits per heavy atom. The first-order chi connectivity index (χ1) is 10.9. The maximum absolute atomic E-state index is 12.3. The van der Waals surface area contributed by atoms with Crippen LogP contribution >= 0.6 is 0 Å². The molecule has 0 N–H and O–H groups in total. The number of rotatable bonds is 6. The van der Waals surface area contributed by atoms with Crippen molar-refractivity contribution in [1.29, 1.82) is 0 Å². The van der Waals surface area contributed by atoms with Crippen molar-refractivity contribution in [1.82, 2.24) is 0 Å². The fraction of sp³-hybridized carbons (Fsp3) is 0.684. The zero-order valence-electron chi connectivity index (χ0n) is 16.2. The van der Waals surface area contributed by atoms with E-state index in [0.717, 1.165) is 24.0 Å². The van der Waals surface area contributed by atoms with Gasteiger partial charge >= 0.3 is 5.97 Å². The summed E-state index contributed by atoms with van der Waals surface area (Å²) >= 11 is 0. The van der Waals surface area contributed by atoms with Crippen molar-refractivity contribution < 1.29 is 18.8 Å². The predicted octanol–water partition coefficient (Wildman–Crippen LogP) is 4.57. The van der Waals surface area contributed by atoms with Crippen molar-refractivity contribution in [3.05, 3.63) is 23.3 Å². The van der Waals surface area contributed by atoms with Gasteiger partial charge in [-0.05, 0) is 43.5 Å². The molecule has 0 aliphatic heterocycles. The molecular weight excluding hydrogens is 320 g/mol. The van der Waals surface area contributed by atoms with E-state index in [1.54, 1.807) is 0 Å². The number of allylic oxidation sites excluding steroid dienone is 1. The number of esters is 1. The smallest absolute Gasteiger partial charge is 0.335 e. The molecule has 1 aliphatic carbocycles. The highest BCUT2D eigenvalue weighted by atomic mass is 28.4. The van der Waals surface area contributed by atoms with E-state index in [9.17, 15) is 9.59 Å². The van der Waals surface area contributed by atoms with Gasteiger partial charge in [-0.3, -0.25) is 4.79 Å². The van der Waals surface area contributed by atoms with Crippen LogP contribution in [0, 0.1) is 0 Å². The minimum absolute atomic E-state index is 0.00164. The van der Waals surface area contributed by atoms with Gasteiger partial charge in [0.05, 0.1) is 18.8 Å². The minimum Gasteiger partial charge on any atom is -0.466 e. The number of Topliss-reactive ketones (excluding diaryl/α,β-unsaturated/α-hetero) is 1. The molecule has 0 fully saturated rings. The van der Waals surface area contributed by atoms with E-state index in [0.29, 0.717) is 18.4 Å². The van der Waals surface area contributed by atoms with Gasteiger partial charge in [-0.25, -0.2) is 4.79 Å². The fourth-order valence-corrected chi connectivity index (χ4v) is 3.85. The maximum atomic E-state index is 12.3. The number of carbonyl (C=O) groups excluding carboxylic acids is 2. The standard InChI is InChI=1S/C19H32O4Si/c1-13-10-9-11-16(20)15(13)12-17(14(2)18(21)22-6)23-24(7,8)19(3,4)5/h17H,2,9-12H2,1,3-8H3. The van der Waals surface area contributed by atoms with E-state index >= 15 is 0 Å². The molecule has 0 amide bonds. The molecular formula is C19H32O4Si. The third-order valence-corrected chi connectivity index (χ3v) is 9.76. The van der Waals surface area contributed by atoms with E-state index in [1.165, 1.54) is 7.11 Å². The molecule has 136 valence electrons. The molecule has 1 atom stereocenters. The molecule has 1 aliphatic rings. The van der Waals surface area contributed by atoms with Crippen LogP contribution in [0.15, 0.2) is 23.3 Å². The van der Waals surface area contributed by atoms with E-state index in [-0.39, 0.29) is 10.8 Å². The van der Waals surface area contributed by atoms with Crippen LogP contribution in [-0.4, -0.2) is 33.3 Å². The first-order valence-electron chi connectivity index (χ1n) is 8.57. The van der Waals surface area contributed by atoms with Gasteiger partial charge < -0.3 is 9.16 Å². The summed E-state index contributed by atoms with van der Waals surface area (Å²) in [6, 6.07) is 0. The molecule has 0 saturated heterocycles. The largest absolute Gasteiger partial charge is 0.466 e. The van der Waals surface area contributed by atoms with Crippen LogP contribution in [0.2, 0.25) is 18.1 Å². The molecule has 4 nitrogen and oxygen atoms in total. The van der Waals surface area contributed by atoms with Gasteiger partial charge in [-0.2, -0.15) is 0 Å². The Bertz CT molecular complexity index is 552. The molecule has 24 heavy (non-hydrogen) atoms. The Labute approximate surface area is 147 Å². The average Bonchev–Trinajstić information content (AvgIpc) is 2.47. The second-order valence-corrected chi connectivity index (χ2v) is 12.9. The van der Waals surface area contributed by atoms with Crippen LogP contribution in [0.1, 0.15) is 53.4 Å². The Hall–Kier alpha value is -1.20. The second-order valence-electron chi connectivity index (χ2n) is 8.12. The van der Waals surface area contributed by atoms with Crippen LogP contribution in [0.3, 0.4) is 0 Å². The summed E-state index contributed by atoms with van der Waals surface area (Å²) in [6.45, 7) is 16.6. The van der Waals surface area contributed by atoms with Crippen LogP contribution < -0.4 is 0 Å². The molecule has 0 spiro atoms. The maximum Gasteiger partial charge on any atom is 0.335 e. The average molecular weight is 353 g/mol. The topological polar surface area (TPSA) is 52.6 Å². The summed E-state index contributed by atoms with van der Waals surface area (Å²) in [7, 11) is -0.780. The van der Waals surface area contributed by atoms with E-state index < -0.39 is 20.4 Å². The Kier molecular flexibility index (Phi) is 6.76. The normalized spacial score (nSPS) is 17.7. The van der Waals surface area contributed by atoms with E-state index in [1.807, 2.05) is 6.92 Å². The highest BCUT2D eigenvalue weighted by molar-refractivity contribution is 6.74. The monoisotopic (exact) mass is 352 g/mol. The van der Waals surface area contributed by atoms with Crippen LogP contribution in [0.5, 0.6) is 0 Å². The SMILES string of the molecule is C=C(C(=O)OC)C(CC1=C(C)CCCC1=O)O[Si](C)(C)C(C)(C)C. The lowest BCUT2D eigenvalue weighted by Gasteiger charge is -2.40. The van der Waals surface area contributed by atoms with Gasteiger partial charge in [0.15, 0.2) is 14.1 Å². The summed E-state index contributed by atoms with van der Waals surface area (Å²) < 4.78 is 11.3. The van der Waals surface area contributed by atoms with Crippen LogP contribution in [0.4, 0.5) is 0 Å². The van der Waals surface area contributed by atoms with Gasteiger partial charge in [0.2, 0.25) is 0 Å². The Morgan fingerprint density at radius 1 is 1.29 bits per heavy atom. The number of carbonyl (C=O) groups is 2. The molecule has 0 radical (unpaired) electrons. The van der Waals surface area contributed by atoms with Gasteiger partial charge in [-0.15, -0.1) is 0 Å². The zero-order valence-corrected chi connectivity index (χ0v) is 17.2. The summed E-state index contributed by atoms with van der Waals surface area (Å²) in [5.74, 6) is -0.305. The fourth-order valence-electron chi connectivity index (χ4n) is 2.56. The highest BCUT2D eigenvalue weighted by Crippen LogP contribution is 2.39. The third-order valence-electron chi connectivity index (χ3n) is 5.28. The molecule has 0 saturated carbocycles. The summed E-state index contributed by atoms with van der Waals surface area (Å²) in [5.41, 5.74) is 2.20. The second kappa shape index (κ2) is 7.79. The molecule has 1 rings (SSSR count). The molecule has 1 unspecified atom stereocenters. The van der Waals surface area contributed by atoms with Crippen molar-refractivity contribution in [3.63, 3.8) is 0 Å².